The van der Waals surface area contributed by atoms with E-state index < -0.39 is 0 Å². The smallest absolute Gasteiger partial charge is 0.103 e. The van der Waals surface area contributed by atoms with Gasteiger partial charge in [-0.2, -0.15) is 5.26 Å². The number of hydrogen-bond acceptors (Lipinski definition) is 3. The van der Waals surface area contributed by atoms with Crippen LogP contribution in [0.4, 0.5) is 5.69 Å². The van der Waals surface area contributed by atoms with Crippen LogP contribution in [0, 0.1) is 11.3 Å². The summed E-state index contributed by atoms with van der Waals surface area (Å²) < 4.78 is 0. The molecule has 1 fully saturated rings. The third-order valence-corrected chi connectivity index (χ3v) is 4.55. The normalized spacial score (nSPS) is 18.3. The van der Waals surface area contributed by atoms with Gasteiger partial charge in [-0.05, 0) is 37.1 Å². The van der Waals surface area contributed by atoms with Gasteiger partial charge in [0.2, 0.25) is 0 Å². The van der Waals surface area contributed by atoms with E-state index in [4.69, 9.17) is 11.6 Å². The molecule has 0 aliphatic carbocycles. The first kappa shape index (κ1) is 15.9. The van der Waals surface area contributed by atoms with E-state index in [1.807, 2.05) is 18.2 Å². The Kier molecular flexibility index (Phi) is 5.17. The van der Waals surface area contributed by atoms with Crippen LogP contribution >= 0.6 is 11.6 Å². The van der Waals surface area contributed by atoms with Crippen molar-refractivity contribution < 1.29 is 0 Å². The molecule has 0 saturated carbocycles. The Hall–Kier alpha value is -2.02. The second-order valence-electron chi connectivity index (χ2n) is 5.98. The van der Waals surface area contributed by atoms with Crippen molar-refractivity contribution in [1.29, 1.82) is 5.26 Å². The minimum atomic E-state index is 0.345. The molecule has 0 aromatic heterocycles. The molecule has 0 radical (unpaired) electrons. The number of hydrogen-bond donors (Lipinski definition) is 1. The monoisotopic (exact) mass is 325 g/mol. The molecule has 23 heavy (non-hydrogen) atoms. The van der Waals surface area contributed by atoms with Crippen LogP contribution in [0.3, 0.4) is 0 Å². The van der Waals surface area contributed by atoms with Crippen molar-refractivity contribution in [2.24, 2.45) is 0 Å². The standard InChI is InChI=1S/C19H20ClN3/c20-18-9-4-10-19(17(18)12-21)22-16-8-5-11-23(14-16)13-15-6-2-1-3-7-15/h1-4,6-7,9-10,16,22H,5,8,11,13-14H2. The van der Waals surface area contributed by atoms with E-state index in [-0.39, 0.29) is 0 Å². The van der Waals surface area contributed by atoms with Gasteiger partial charge in [-0.15, -0.1) is 0 Å². The first-order chi connectivity index (χ1) is 11.3. The van der Waals surface area contributed by atoms with Crippen molar-refractivity contribution >= 4 is 17.3 Å². The molecule has 1 unspecified atom stereocenters. The summed E-state index contributed by atoms with van der Waals surface area (Å²) in [5.74, 6) is 0. The van der Waals surface area contributed by atoms with Gasteiger partial charge in [-0.1, -0.05) is 48.0 Å². The molecule has 1 atom stereocenters. The van der Waals surface area contributed by atoms with Gasteiger partial charge in [0.15, 0.2) is 0 Å². The molecule has 1 N–H and O–H groups in total. The topological polar surface area (TPSA) is 39.1 Å². The molecular formula is C19H20ClN3. The highest BCUT2D eigenvalue weighted by atomic mass is 35.5. The summed E-state index contributed by atoms with van der Waals surface area (Å²) >= 11 is 6.11. The lowest BCUT2D eigenvalue weighted by Crippen LogP contribution is -2.41. The summed E-state index contributed by atoms with van der Waals surface area (Å²) in [6, 6.07) is 18.7. The molecule has 3 nitrogen and oxygen atoms in total. The maximum absolute atomic E-state index is 9.29. The minimum Gasteiger partial charge on any atom is -0.380 e. The zero-order chi connectivity index (χ0) is 16.1. The highest BCUT2D eigenvalue weighted by molar-refractivity contribution is 6.32. The van der Waals surface area contributed by atoms with E-state index in [9.17, 15) is 5.26 Å². The zero-order valence-electron chi connectivity index (χ0n) is 13.0. The van der Waals surface area contributed by atoms with Crippen molar-refractivity contribution in [2.45, 2.75) is 25.4 Å². The molecule has 3 rings (SSSR count). The molecule has 1 aliphatic heterocycles. The third-order valence-electron chi connectivity index (χ3n) is 4.24. The van der Waals surface area contributed by atoms with Gasteiger partial charge in [0.25, 0.3) is 0 Å². The maximum atomic E-state index is 9.29. The molecular weight excluding hydrogens is 306 g/mol. The molecule has 0 amide bonds. The number of likely N-dealkylation sites (tertiary alicyclic amines) is 1. The van der Waals surface area contributed by atoms with Crippen LogP contribution in [0.15, 0.2) is 48.5 Å². The average Bonchev–Trinajstić information content (AvgIpc) is 2.56. The molecule has 0 spiro atoms. The molecule has 1 aliphatic rings. The van der Waals surface area contributed by atoms with Crippen molar-refractivity contribution in [3.63, 3.8) is 0 Å². The van der Waals surface area contributed by atoms with Crippen LogP contribution < -0.4 is 5.32 Å². The number of nitrogens with one attached hydrogen (secondary N) is 1. The Morgan fingerprint density at radius 3 is 2.78 bits per heavy atom. The van der Waals surface area contributed by atoms with Crippen LogP contribution in [0.1, 0.15) is 24.0 Å². The van der Waals surface area contributed by atoms with Crippen LogP contribution in [0.25, 0.3) is 0 Å². The Bertz CT molecular complexity index is 694. The predicted octanol–water partition coefficient (Wildman–Crippen LogP) is 4.29. The number of halogens is 1. The molecule has 2 aromatic rings. The van der Waals surface area contributed by atoms with Crippen molar-refractivity contribution in [2.75, 3.05) is 18.4 Å². The second-order valence-corrected chi connectivity index (χ2v) is 6.39. The van der Waals surface area contributed by atoms with Crippen LogP contribution in [0.2, 0.25) is 5.02 Å². The van der Waals surface area contributed by atoms with Crippen LogP contribution in [-0.2, 0) is 6.54 Å². The van der Waals surface area contributed by atoms with Gasteiger partial charge in [0.05, 0.1) is 16.3 Å². The average molecular weight is 326 g/mol. The Labute approximate surface area is 142 Å². The molecule has 1 saturated heterocycles. The predicted molar refractivity (Wildman–Crippen MR) is 94.5 cm³/mol. The lowest BCUT2D eigenvalue weighted by molar-refractivity contribution is 0.208. The lowest BCUT2D eigenvalue weighted by atomic mass is 10.0. The second kappa shape index (κ2) is 7.50. The fraction of sp³-hybridized carbons (Fsp3) is 0.316. The molecule has 2 aromatic carbocycles. The zero-order valence-corrected chi connectivity index (χ0v) is 13.8. The van der Waals surface area contributed by atoms with Gasteiger partial charge < -0.3 is 5.32 Å². The van der Waals surface area contributed by atoms with Crippen LogP contribution in [0.5, 0.6) is 0 Å². The van der Waals surface area contributed by atoms with Gasteiger partial charge >= 0.3 is 0 Å². The fourth-order valence-corrected chi connectivity index (χ4v) is 3.35. The molecule has 1 heterocycles. The van der Waals surface area contributed by atoms with Gasteiger partial charge in [-0.25, -0.2) is 0 Å². The Balaban J connectivity index is 1.65. The highest BCUT2D eigenvalue weighted by Crippen LogP contribution is 2.25. The SMILES string of the molecule is N#Cc1c(Cl)cccc1NC1CCCN(Cc2ccccc2)C1. The van der Waals surface area contributed by atoms with Crippen molar-refractivity contribution in [1.82, 2.24) is 4.90 Å². The lowest BCUT2D eigenvalue weighted by Gasteiger charge is -2.34. The van der Waals surface area contributed by atoms with Gasteiger partial charge in [-0.3, -0.25) is 4.90 Å². The Morgan fingerprint density at radius 2 is 2.00 bits per heavy atom. The largest absolute Gasteiger partial charge is 0.380 e. The van der Waals surface area contributed by atoms with Crippen LogP contribution in [-0.4, -0.2) is 24.0 Å². The molecule has 4 heteroatoms. The number of nitrogens with zero attached hydrogens (tertiary/aromatic N) is 2. The number of rotatable bonds is 4. The summed E-state index contributed by atoms with van der Waals surface area (Å²) in [5.41, 5.74) is 2.72. The van der Waals surface area contributed by atoms with E-state index in [1.54, 1.807) is 6.07 Å². The molecule has 118 valence electrons. The summed E-state index contributed by atoms with van der Waals surface area (Å²) in [6.07, 6.45) is 2.27. The van der Waals surface area contributed by atoms with E-state index in [0.29, 0.717) is 16.6 Å². The number of anilines is 1. The number of benzene rings is 2. The summed E-state index contributed by atoms with van der Waals surface area (Å²) in [5, 5.41) is 13.3. The first-order valence-corrected chi connectivity index (χ1v) is 8.35. The first-order valence-electron chi connectivity index (χ1n) is 7.97. The van der Waals surface area contributed by atoms with Gasteiger partial charge in [0.1, 0.15) is 6.07 Å². The van der Waals surface area contributed by atoms with Gasteiger partial charge in [0, 0.05) is 19.1 Å². The maximum Gasteiger partial charge on any atom is 0.103 e. The minimum absolute atomic E-state index is 0.345. The van der Waals surface area contributed by atoms with E-state index in [0.717, 1.165) is 38.2 Å². The van der Waals surface area contributed by atoms with Crippen molar-refractivity contribution in [3.05, 3.63) is 64.7 Å². The van der Waals surface area contributed by atoms with Crippen molar-refractivity contribution in [3.8, 4) is 6.07 Å². The Morgan fingerprint density at radius 1 is 1.17 bits per heavy atom. The summed E-state index contributed by atoms with van der Waals surface area (Å²) in [7, 11) is 0. The highest BCUT2D eigenvalue weighted by Gasteiger charge is 2.21. The third kappa shape index (κ3) is 4.04. The molecule has 0 bridgehead atoms. The number of nitriles is 1. The van der Waals surface area contributed by atoms with E-state index in [1.165, 1.54) is 5.56 Å². The summed E-state index contributed by atoms with van der Waals surface area (Å²) in [6.45, 7) is 3.07. The van der Waals surface area contributed by atoms with E-state index >= 15 is 0 Å². The quantitative estimate of drug-likeness (QED) is 0.911. The fourth-order valence-electron chi connectivity index (χ4n) is 3.14. The van der Waals surface area contributed by atoms with E-state index in [2.05, 4.69) is 40.6 Å². The summed E-state index contributed by atoms with van der Waals surface area (Å²) in [4.78, 5) is 2.47. The number of piperidine rings is 1.